The maximum Gasteiger partial charge on any atom is 0.246 e. The Hall–Kier alpha value is -6.03. The number of aromatic nitrogens is 1. The molecular weight excluding hydrogens is 747 g/mol. The number of Topliss-reactive ketones (excluding diaryl/α,β-unsaturated/α-hetero) is 1. The van der Waals surface area contributed by atoms with Crippen molar-refractivity contribution >= 4 is 52.1 Å². The number of para-hydroxylation sites is 1. The second-order valence-electron chi connectivity index (χ2n) is 15.5. The number of carbonyl (C=O) groups excluding carboxylic acids is 7. The van der Waals surface area contributed by atoms with Crippen molar-refractivity contribution in [2.75, 3.05) is 26.2 Å². The van der Waals surface area contributed by atoms with E-state index >= 15 is 0 Å². The predicted molar refractivity (Wildman–Crippen MR) is 214 cm³/mol. The number of ketones is 1. The van der Waals surface area contributed by atoms with Crippen LogP contribution in [0.15, 0.2) is 60.3 Å². The van der Waals surface area contributed by atoms with Crippen LogP contribution in [0.4, 0.5) is 0 Å². The molecule has 16 heteroatoms. The van der Waals surface area contributed by atoms with Crippen molar-refractivity contribution in [3.8, 4) is 5.75 Å². The number of phenols is 1. The van der Waals surface area contributed by atoms with E-state index in [2.05, 4.69) is 31.6 Å². The minimum atomic E-state index is -1.67. The van der Waals surface area contributed by atoms with Crippen LogP contribution in [0.3, 0.4) is 0 Å². The van der Waals surface area contributed by atoms with Gasteiger partial charge in [-0.1, -0.05) is 49.8 Å². The third-order valence-corrected chi connectivity index (χ3v) is 10.6. The Kier molecular flexibility index (Phi) is 14.4. The van der Waals surface area contributed by atoms with Gasteiger partial charge in [-0.3, -0.25) is 33.6 Å². The molecule has 0 aliphatic carbocycles. The fourth-order valence-corrected chi connectivity index (χ4v) is 7.24. The molecule has 2 aromatic carbocycles. The summed E-state index contributed by atoms with van der Waals surface area (Å²) in [5.74, 6) is -5.90. The number of fused-ring (bicyclic) bond motifs is 2. The van der Waals surface area contributed by atoms with E-state index in [0.717, 1.165) is 16.5 Å². The van der Waals surface area contributed by atoms with Crippen molar-refractivity contribution in [1.29, 1.82) is 0 Å². The van der Waals surface area contributed by atoms with E-state index in [0.29, 0.717) is 30.4 Å². The summed E-state index contributed by atoms with van der Waals surface area (Å²) in [5.41, 5.74) is 3.15. The molecule has 310 valence electrons. The largest absolute Gasteiger partial charge is 0.508 e. The van der Waals surface area contributed by atoms with E-state index in [9.17, 15) is 43.8 Å². The predicted octanol–water partition coefficient (Wildman–Crippen LogP) is 1.21. The topological polar surface area (TPSA) is 239 Å². The standard InChI is InChI=1S/C42H53N7O9/c1-23(2)11-12-25-16-26(13-14-34(25)51)38(54)37-42(58)44-20-28(50)18-30(24(3)4)39(55)46-22-36(53)49-15-7-10-33(49)41(57)47-32(40(56)45-21-35(52)48-37)17-27-19-43-31-9-6-5-8-29(27)31/h5-6,8-9,11,13-14,16,19,24,30,32-33,37-38,43,51,54H,7,10,12,15,17-18,20-22H2,1-4H3,(H,44,58)(H,45,56)(H,46,55)(H,47,57)(H,48,52). The van der Waals surface area contributed by atoms with Crippen LogP contribution in [0.1, 0.15) is 69.8 Å². The quantitative estimate of drug-likeness (QED) is 0.160. The second kappa shape index (κ2) is 19.4. The molecule has 2 fully saturated rings. The van der Waals surface area contributed by atoms with Crippen LogP contribution >= 0.6 is 0 Å². The van der Waals surface area contributed by atoms with Gasteiger partial charge in [0.15, 0.2) is 5.78 Å². The molecular formula is C42H53N7O9. The number of hydrogen-bond acceptors (Lipinski definition) is 9. The van der Waals surface area contributed by atoms with E-state index in [-0.39, 0.29) is 36.6 Å². The molecule has 1 aromatic heterocycles. The van der Waals surface area contributed by atoms with Crippen LogP contribution < -0.4 is 26.6 Å². The highest BCUT2D eigenvalue weighted by Crippen LogP contribution is 2.26. The Bertz CT molecular complexity index is 2070. The van der Waals surface area contributed by atoms with E-state index < -0.39 is 91.0 Å². The van der Waals surface area contributed by atoms with Gasteiger partial charge in [0.2, 0.25) is 35.4 Å². The number of benzene rings is 2. The number of allylic oxidation sites excluding steroid dienone is 2. The van der Waals surface area contributed by atoms with Crippen LogP contribution in [-0.4, -0.2) is 106 Å². The molecule has 2 saturated heterocycles. The van der Waals surface area contributed by atoms with Crippen molar-refractivity contribution in [2.45, 2.75) is 84.0 Å². The number of phenolic OH excluding ortho intramolecular Hbond substituents is 1. The lowest BCUT2D eigenvalue weighted by Gasteiger charge is -2.27. The summed E-state index contributed by atoms with van der Waals surface area (Å²) in [6, 6.07) is 7.88. The van der Waals surface area contributed by atoms with Gasteiger partial charge in [0.05, 0.1) is 19.6 Å². The molecule has 0 radical (unpaired) electrons. The lowest BCUT2D eigenvalue weighted by molar-refractivity contribution is -0.140. The Morgan fingerprint density at radius 3 is 2.33 bits per heavy atom. The summed E-state index contributed by atoms with van der Waals surface area (Å²) in [6.07, 6.45) is 2.83. The van der Waals surface area contributed by atoms with Gasteiger partial charge in [-0.05, 0) is 73.9 Å². The summed E-state index contributed by atoms with van der Waals surface area (Å²) in [4.78, 5) is 99.3. The smallest absolute Gasteiger partial charge is 0.246 e. The van der Waals surface area contributed by atoms with Gasteiger partial charge in [0.25, 0.3) is 0 Å². The van der Waals surface area contributed by atoms with Crippen molar-refractivity contribution in [3.05, 3.63) is 77.0 Å². The Balaban J connectivity index is 1.45. The molecule has 8 N–H and O–H groups in total. The number of nitrogens with one attached hydrogen (secondary N) is 6. The summed E-state index contributed by atoms with van der Waals surface area (Å²) in [7, 11) is 0. The first-order valence-electron chi connectivity index (χ1n) is 19.5. The average molecular weight is 800 g/mol. The summed E-state index contributed by atoms with van der Waals surface area (Å²) in [6.45, 7) is 5.91. The molecule has 5 unspecified atom stereocenters. The zero-order chi connectivity index (χ0) is 42.1. The minimum Gasteiger partial charge on any atom is -0.508 e. The first kappa shape index (κ1) is 43.1. The number of aliphatic hydroxyl groups is 1. The van der Waals surface area contributed by atoms with Crippen LogP contribution in [0.25, 0.3) is 10.9 Å². The van der Waals surface area contributed by atoms with Crippen LogP contribution in [0.5, 0.6) is 5.75 Å². The maximum absolute atomic E-state index is 13.8. The zero-order valence-electron chi connectivity index (χ0n) is 33.2. The number of H-pyrrole nitrogens is 1. The van der Waals surface area contributed by atoms with Gasteiger partial charge in [-0.2, -0.15) is 0 Å². The molecule has 6 amide bonds. The number of rotatable bonds is 7. The molecule has 0 spiro atoms. The molecule has 2 aliphatic heterocycles. The van der Waals surface area contributed by atoms with E-state index in [1.54, 1.807) is 20.0 Å². The highest BCUT2D eigenvalue weighted by atomic mass is 16.3. The molecule has 5 rings (SSSR count). The normalized spacial score (nSPS) is 22.6. The number of carbonyl (C=O) groups is 7. The number of aromatic hydroxyl groups is 1. The van der Waals surface area contributed by atoms with Gasteiger partial charge in [0, 0.05) is 42.4 Å². The van der Waals surface area contributed by atoms with Gasteiger partial charge in [-0.15, -0.1) is 0 Å². The van der Waals surface area contributed by atoms with Crippen molar-refractivity contribution in [2.24, 2.45) is 11.8 Å². The summed E-state index contributed by atoms with van der Waals surface area (Å²) >= 11 is 0. The number of aliphatic hydroxyl groups excluding tert-OH is 1. The molecule has 3 heterocycles. The first-order valence-corrected chi connectivity index (χ1v) is 19.5. The van der Waals surface area contributed by atoms with Crippen LogP contribution in [0, 0.1) is 11.8 Å². The molecule has 0 bridgehead atoms. The SMILES string of the molecule is CC(C)=CCc1cc(C(O)C2NC(=O)CNC(=O)C(Cc3c[nH]c4ccccc34)NC(=O)C3CCCN3C(=O)CNC(=O)C(C(C)C)CC(=O)CNC2=O)ccc1O. The maximum atomic E-state index is 13.8. The monoisotopic (exact) mass is 799 g/mol. The van der Waals surface area contributed by atoms with Gasteiger partial charge in [0.1, 0.15) is 30.0 Å². The lowest BCUT2D eigenvalue weighted by Crippen LogP contribution is -2.56. The fraction of sp³-hybridized carbons (Fsp3) is 0.452. The second-order valence-corrected chi connectivity index (χ2v) is 15.5. The number of aromatic amines is 1. The number of nitrogens with zero attached hydrogens (tertiary/aromatic N) is 1. The highest BCUT2D eigenvalue weighted by Gasteiger charge is 2.37. The van der Waals surface area contributed by atoms with Crippen molar-refractivity contribution in [3.63, 3.8) is 0 Å². The minimum absolute atomic E-state index is 0.0181. The molecule has 3 aromatic rings. The summed E-state index contributed by atoms with van der Waals surface area (Å²) < 4.78 is 0. The number of amides is 6. The Morgan fingerprint density at radius 1 is 0.862 bits per heavy atom. The molecule has 58 heavy (non-hydrogen) atoms. The molecule has 2 aliphatic rings. The van der Waals surface area contributed by atoms with Crippen LogP contribution in [-0.2, 0) is 46.4 Å². The van der Waals surface area contributed by atoms with E-state index in [1.807, 2.05) is 44.2 Å². The third kappa shape index (κ3) is 10.9. The van der Waals surface area contributed by atoms with Gasteiger partial charge in [-0.25, -0.2) is 0 Å². The van der Waals surface area contributed by atoms with Crippen molar-refractivity contribution < 1.29 is 43.8 Å². The number of hydrogen-bond donors (Lipinski definition) is 8. The van der Waals surface area contributed by atoms with Gasteiger partial charge >= 0.3 is 0 Å². The highest BCUT2D eigenvalue weighted by molar-refractivity contribution is 5.97. The van der Waals surface area contributed by atoms with Crippen molar-refractivity contribution in [1.82, 2.24) is 36.5 Å². The average Bonchev–Trinajstić information content (AvgIpc) is 3.86. The summed E-state index contributed by atoms with van der Waals surface area (Å²) in [5, 5.41) is 35.7. The third-order valence-electron chi connectivity index (χ3n) is 10.6. The molecule has 5 atom stereocenters. The molecule has 0 saturated carbocycles. The molecule has 16 nitrogen and oxygen atoms in total. The zero-order valence-corrected chi connectivity index (χ0v) is 33.2. The van der Waals surface area contributed by atoms with Gasteiger partial charge < -0.3 is 46.7 Å². The Morgan fingerprint density at radius 2 is 1.59 bits per heavy atom. The van der Waals surface area contributed by atoms with E-state index in [4.69, 9.17) is 0 Å². The first-order chi connectivity index (χ1) is 27.6. The van der Waals surface area contributed by atoms with Crippen LogP contribution in [0.2, 0.25) is 0 Å². The van der Waals surface area contributed by atoms with E-state index in [1.165, 1.54) is 23.1 Å². The Labute approximate surface area is 336 Å². The lowest BCUT2D eigenvalue weighted by atomic mass is 9.89. The fourth-order valence-electron chi connectivity index (χ4n) is 7.24.